The van der Waals surface area contributed by atoms with Crippen molar-refractivity contribution in [2.45, 2.75) is 38.2 Å². The maximum atomic E-state index is 13.1. The van der Waals surface area contributed by atoms with Crippen molar-refractivity contribution in [3.8, 4) is 5.75 Å². The van der Waals surface area contributed by atoms with Crippen LogP contribution in [0.3, 0.4) is 0 Å². The van der Waals surface area contributed by atoms with Gasteiger partial charge >= 0.3 is 12.1 Å². The first-order valence-corrected chi connectivity index (χ1v) is 15.3. The number of hydrogen-bond acceptors (Lipinski definition) is 7. The first-order valence-electron chi connectivity index (χ1n) is 15.3. The molecule has 232 valence electrons. The molecule has 8 nitrogen and oxygen atoms in total. The van der Waals surface area contributed by atoms with Crippen molar-refractivity contribution in [3.05, 3.63) is 137 Å². The van der Waals surface area contributed by atoms with Crippen LogP contribution in [0.4, 0.5) is 4.79 Å². The van der Waals surface area contributed by atoms with Crippen molar-refractivity contribution in [2.75, 3.05) is 19.6 Å². The molecule has 45 heavy (non-hydrogen) atoms. The Morgan fingerprint density at radius 2 is 1.53 bits per heavy atom. The van der Waals surface area contributed by atoms with Crippen molar-refractivity contribution >= 4 is 18.3 Å². The Morgan fingerprint density at radius 1 is 0.844 bits per heavy atom. The first kappa shape index (κ1) is 30.1. The van der Waals surface area contributed by atoms with Crippen LogP contribution >= 0.6 is 0 Å². The first-order chi connectivity index (χ1) is 22.0. The molecule has 3 aliphatic heterocycles. The van der Waals surface area contributed by atoms with Gasteiger partial charge in [0.25, 0.3) is 0 Å². The zero-order chi connectivity index (χ0) is 31.0. The zero-order valence-electron chi connectivity index (χ0n) is 25.0. The standard InChI is InChI=1S/C37H36N2O6.H2/c40-23-26-9-11-27(12-10-26)25-44-36(41)31-15-13-28(14-16-31)24-43-33-8-4-7-32(21-33)35(30-5-2-1-3-6-30)38-37(42)45-34-22-39-19-17-29(34)18-20-39;/h1-16,21,23,29,34-35H,17-20,22,24-25H2,(H,38,42);1H/t34-,35-;/m0./s1. The number of hydrogen-bond donors (Lipinski definition) is 1. The Kier molecular flexibility index (Phi) is 9.51. The minimum absolute atomic E-state index is 0. The summed E-state index contributed by atoms with van der Waals surface area (Å²) in [7, 11) is 0. The van der Waals surface area contributed by atoms with Gasteiger partial charge in [-0.05, 0) is 78.4 Å². The van der Waals surface area contributed by atoms with Crippen LogP contribution in [0.15, 0.2) is 103 Å². The van der Waals surface area contributed by atoms with Crippen LogP contribution in [0.2, 0.25) is 0 Å². The van der Waals surface area contributed by atoms with Crippen LogP contribution in [0.1, 0.15) is 63.3 Å². The molecule has 0 unspecified atom stereocenters. The average molecular weight is 607 g/mol. The number of carbonyl (C=O) groups excluding carboxylic acids is 3. The number of piperidine rings is 3. The van der Waals surface area contributed by atoms with Gasteiger partial charge in [0.15, 0.2) is 0 Å². The van der Waals surface area contributed by atoms with E-state index in [2.05, 4.69) is 10.2 Å². The van der Waals surface area contributed by atoms with Crippen LogP contribution in [0, 0.1) is 5.92 Å². The van der Waals surface area contributed by atoms with Crippen LogP contribution in [0.25, 0.3) is 0 Å². The van der Waals surface area contributed by atoms with E-state index < -0.39 is 18.1 Å². The molecule has 0 aliphatic carbocycles. The normalized spacial score (nSPS) is 19.2. The second-order valence-corrected chi connectivity index (χ2v) is 11.6. The molecule has 3 fully saturated rings. The topological polar surface area (TPSA) is 94.2 Å². The zero-order valence-corrected chi connectivity index (χ0v) is 25.0. The third-order valence-electron chi connectivity index (χ3n) is 8.52. The third kappa shape index (κ3) is 7.77. The SMILES string of the molecule is O=Cc1ccc(COC(=O)c2ccc(COc3cccc([C@@H](NC(=O)O[C@H]4CN5CCC4CC5)c4ccccc4)c3)cc2)cc1.[HH]. The molecular weight excluding hydrogens is 568 g/mol. The van der Waals surface area contributed by atoms with E-state index >= 15 is 0 Å². The van der Waals surface area contributed by atoms with Crippen molar-refractivity contribution in [1.29, 1.82) is 0 Å². The van der Waals surface area contributed by atoms with Gasteiger partial charge in [-0.25, -0.2) is 9.59 Å². The van der Waals surface area contributed by atoms with E-state index in [0.29, 0.717) is 29.4 Å². The fraction of sp³-hybridized carbons (Fsp3) is 0.270. The lowest BCUT2D eigenvalue weighted by atomic mass is 9.86. The largest absolute Gasteiger partial charge is 0.489 e. The number of amides is 1. The fourth-order valence-electron chi connectivity index (χ4n) is 5.95. The Labute approximate surface area is 264 Å². The molecular formula is C37H38N2O6. The van der Waals surface area contributed by atoms with E-state index in [1.54, 1.807) is 36.4 Å². The maximum absolute atomic E-state index is 13.1. The number of rotatable bonds is 11. The third-order valence-corrected chi connectivity index (χ3v) is 8.52. The highest BCUT2D eigenvalue weighted by Gasteiger charge is 2.36. The van der Waals surface area contributed by atoms with Crippen LogP contribution in [-0.4, -0.2) is 49.0 Å². The molecule has 7 rings (SSSR count). The van der Waals surface area contributed by atoms with Gasteiger partial charge in [0.05, 0.1) is 11.6 Å². The van der Waals surface area contributed by atoms with Gasteiger partial charge in [0, 0.05) is 13.5 Å². The summed E-state index contributed by atoms with van der Waals surface area (Å²) in [6, 6.07) is 31.1. The van der Waals surface area contributed by atoms with Gasteiger partial charge < -0.3 is 19.5 Å². The van der Waals surface area contributed by atoms with Crippen molar-refractivity contribution in [2.24, 2.45) is 5.92 Å². The van der Waals surface area contributed by atoms with Gasteiger partial charge in [0.1, 0.15) is 31.4 Å². The molecule has 1 amide bonds. The summed E-state index contributed by atoms with van der Waals surface area (Å²) in [5.74, 6) is 0.659. The van der Waals surface area contributed by atoms with Crippen molar-refractivity contribution < 1.29 is 30.0 Å². The summed E-state index contributed by atoms with van der Waals surface area (Å²) in [5, 5.41) is 3.11. The second-order valence-electron chi connectivity index (χ2n) is 11.6. The average Bonchev–Trinajstić information content (AvgIpc) is 3.10. The van der Waals surface area contributed by atoms with Crippen molar-refractivity contribution in [3.63, 3.8) is 0 Å². The number of alkyl carbamates (subject to hydrolysis) is 1. The summed E-state index contributed by atoms with van der Waals surface area (Å²) >= 11 is 0. The number of carbonyl (C=O) groups is 3. The number of aldehydes is 1. The number of fused-ring (bicyclic) bond motifs is 3. The molecule has 2 bridgehead atoms. The Morgan fingerprint density at radius 3 is 2.22 bits per heavy atom. The van der Waals surface area contributed by atoms with E-state index in [0.717, 1.165) is 61.0 Å². The summed E-state index contributed by atoms with van der Waals surface area (Å²) in [6.45, 7) is 3.39. The lowest BCUT2D eigenvalue weighted by Gasteiger charge is -2.43. The van der Waals surface area contributed by atoms with Crippen LogP contribution in [0.5, 0.6) is 5.75 Å². The monoisotopic (exact) mass is 606 g/mol. The van der Waals surface area contributed by atoms with Gasteiger partial charge in [-0.3, -0.25) is 9.69 Å². The maximum Gasteiger partial charge on any atom is 0.408 e. The molecule has 0 aromatic heterocycles. The molecule has 2 atom stereocenters. The molecule has 3 heterocycles. The highest BCUT2D eigenvalue weighted by Crippen LogP contribution is 2.31. The number of benzene rings is 4. The highest BCUT2D eigenvalue weighted by atomic mass is 16.6. The van der Waals surface area contributed by atoms with Crippen molar-refractivity contribution in [1.82, 2.24) is 10.2 Å². The Balaban J connectivity index is 0.00000417. The predicted octanol–water partition coefficient (Wildman–Crippen LogP) is 6.59. The second kappa shape index (κ2) is 14.2. The predicted molar refractivity (Wildman–Crippen MR) is 171 cm³/mol. The van der Waals surface area contributed by atoms with Crippen LogP contribution in [-0.2, 0) is 22.7 Å². The minimum Gasteiger partial charge on any atom is -0.489 e. The molecule has 8 heteroatoms. The summed E-state index contributed by atoms with van der Waals surface area (Å²) in [4.78, 5) is 38.8. The fourth-order valence-corrected chi connectivity index (χ4v) is 5.95. The number of nitrogens with zero attached hydrogens (tertiary/aromatic N) is 1. The van der Waals surface area contributed by atoms with E-state index in [4.69, 9.17) is 14.2 Å². The quantitative estimate of drug-likeness (QED) is 0.152. The number of ether oxygens (including phenoxy) is 3. The molecule has 1 N–H and O–H groups in total. The molecule has 4 aromatic carbocycles. The summed E-state index contributed by atoms with van der Waals surface area (Å²) in [6.07, 6.45) is 2.43. The number of esters is 1. The summed E-state index contributed by atoms with van der Waals surface area (Å²) in [5.41, 5.74) is 4.52. The van der Waals surface area contributed by atoms with Crippen LogP contribution < -0.4 is 10.1 Å². The lowest BCUT2D eigenvalue weighted by Crippen LogP contribution is -2.52. The number of nitrogens with one attached hydrogen (secondary N) is 1. The van der Waals surface area contributed by atoms with Gasteiger partial charge in [-0.1, -0.05) is 78.9 Å². The Bertz CT molecular complexity index is 1610. The smallest absolute Gasteiger partial charge is 0.408 e. The molecule has 0 radical (unpaired) electrons. The minimum atomic E-state index is -0.430. The van der Waals surface area contributed by atoms with E-state index in [-0.39, 0.29) is 14.1 Å². The highest BCUT2D eigenvalue weighted by molar-refractivity contribution is 5.89. The van der Waals surface area contributed by atoms with E-state index in [1.807, 2.05) is 66.7 Å². The van der Waals surface area contributed by atoms with Gasteiger partial charge in [-0.2, -0.15) is 0 Å². The summed E-state index contributed by atoms with van der Waals surface area (Å²) < 4.78 is 17.5. The van der Waals surface area contributed by atoms with Gasteiger partial charge in [-0.15, -0.1) is 0 Å². The molecule has 0 saturated carbocycles. The molecule has 3 saturated heterocycles. The lowest BCUT2D eigenvalue weighted by molar-refractivity contribution is -0.0336. The van der Waals surface area contributed by atoms with Gasteiger partial charge in [0.2, 0.25) is 0 Å². The molecule has 3 aliphatic rings. The Hall–Kier alpha value is -4.95. The molecule has 4 aromatic rings. The van der Waals surface area contributed by atoms with E-state index in [9.17, 15) is 14.4 Å². The molecule has 0 spiro atoms. The van der Waals surface area contributed by atoms with E-state index in [1.165, 1.54) is 0 Å².